The van der Waals surface area contributed by atoms with E-state index in [1.54, 1.807) is 43.3 Å². The van der Waals surface area contributed by atoms with E-state index in [4.69, 9.17) is 11.6 Å². The van der Waals surface area contributed by atoms with Crippen molar-refractivity contribution in [2.24, 2.45) is 5.92 Å². The zero-order valence-corrected chi connectivity index (χ0v) is 19.0. The van der Waals surface area contributed by atoms with Crippen molar-refractivity contribution in [2.75, 3.05) is 29.0 Å². The second-order valence-electron chi connectivity index (χ2n) is 7.40. The maximum atomic E-state index is 12.7. The number of hydrogen-bond acceptors (Lipinski definition) is 4. The predicted octanol–water partition coefficient (Wildman–Crippen LogP) is 3.44. The summed E-state index contributed by atoms with van der Waals surface area (Å²) in [7, 11) is -3.74. The molecule has 2 aromatic rings. The quantitative estimate of drug-likeness (QED) is 0.642. The Labute approximate surface area is 182 Å². The monoisotopic (exact) mass is 451 g/mol. The van der Waals surface area contributed by atoms with E-state index in [9.17, 15) is 18.0 Å². The second-order valence-corrected chi connectivity index (χ2v) is 9.71. The Bertz CT molecular complexity index is 1040. The molecule has 2 amide bonds. The highest BCUT2D eigenvalue weighted by atomic mass is 35.5. The highest BCUT2D eigenvalue weighted by Crippen LogP contribution is 2.25. The highest BCUT2D eigenvalue weighted by Gasteiger charge is 2.22. The summed E-state index contributed by atoms with van der Waals surface area (Å²) < 4.78 is 25.5. The van der Waals surface area contributed by atoms with Crippen LogP contribution in [-0.2, 0) is 14.8 Å². The molecule has 0 aliphatic heterocycles. The first-order chi connectivity index (χ1) is 14.0. The van der Waals surface area contributed by atoms with Crippen LogP contribution in [0.4, 0.5) is 11.4 Å². The van der Waals surface area contributed by atoms with Gasteiger partial charge in [-0.1, -0.05) is 43.6 Å². The van der Waals surface area contributed by atoms with Crippen LogP contribution >= 0.6 is 11.6 Å². The van der Waals surface area contributed by atoms with E-state index in [0.717, 1.165) is 16.1 Å². The van der Waals surface area contributed by atoms with Crippen LogP contribution in [0.1, 0.15) is 29.8 Å². The molecule has 0 aliphatic carbocycles. The van der Waals surface area contributed by atoms with E-state index >= 15 is 0 Å². The molecular weight excluding hydrogens is 426 g/mol. The highest BCUT2D eigenvalue weighted by molar-refractivity contribution is 7.92. The Morgan fingerprint density at radius 3 is 2.40 bits per heavy atom. The molecule has 0 saturated carbocycles. The van der Waals surface area contributed by atoms with Crippen molar-refractivity contribution in [3.63, 3.8) is 0 Å². The molecule has 7 nitrogen and oxygen atoms in total. The summed E-state index contributed by atoms with van der Waals surface area (Å²) >= 11 is 6.12. The zero-order valence-electron chi connectivity index (χ0n) is 17.4. The smallest absolute Gasteiger partial charge is 0.253 e. The largest absolute Gasteiger partial charge is 0.352 e. The molecule has 0 heterocycles. The SMILES string of the molecule is Cc1ccc(N(CC(=O)Nc2ccccc2C(=O)NCC(C)C)S(C)(=O)=O)cc1Cl. The van der Waals surface area contributed by atoms with Crippen molar-refractivity contribution in [1.82, 2.24) is 5.32 Å². The number of carbonyl (C=O) groups is 2. The van der Waals surface area contributed by atoms with Gasteiger partial charge in [0.2, 0.25) is 15.9 Å². The molecule has 2 rings (SSSR count). The van der Waals surface area contributed by atoms with Crippen molar-refractivity contribution in [1.29, 1.82) is 0 Å². The number of benzene rings is 2. The summed E-state index contributed by atoms with van der Waals surface area (Å²) in [6, 6.07) is 11.3. The minimum atomic E-state index is -3.74. The van der Waals surface area contributed by atoms with Crippen molar-refractivity contribution in [3.8, 4) is 0 Å². The number of rotatable bonds is 8. The molecule has 30 heavy (non-hydrogen) atoms. The van der Waals surface area contributed by atoms with E-state index in [-0.39, 0.29) is 17.5 Å². The van der Waals surface area contributed by atoms with Gasteiger partial charge in [0.25, 0.3) is 5.91 Å². The van der Waals surface area contributed by atoms with Gasteiger partial charge in [-0.15, -0.1) is 0 Å². The van der Waals surface area contributed by atoms with Gasteiger partial charge in [-0.3, -0.25) is 13.9 Å². The topological polar surface area (TPSA) is 95.6 Å². The summed E-state index contributed by atoms with van der Waals surface area (Å²) in [6.07, 6.45) is 1.02. The molecular formula is C21H26ClN3O4S. The average molecular weight is 452 g/mol. The molecule has 0 spiro atoms. The van der Waals surface area contributed by atoms with Gasteiger partial charge >= 0.3 is 0 Å². The van der Waals surface area contributed by atoms with Crippen molar-refractivity contribution in [2.45, 2.75) is 20.8 Å². The van der Waals surface area contributed by atoms with E-state index in [0.29, 0.717) is 22.8 Å². The number of anilines is 2. The molecule has 0 fully saturated rings. The summed E-state index contributed by atoms with van der Waals surface area (Å²) in [5.74, 6) is -0.619. The Hall–Kier alpha value is -2.58. The first kappa shape index (κ1) is 23.7. The number of sulfonamides is 1. The second kappa shape index (κ2) is 9.95. The number of hydrogen-bond donors (Lipinski definition) is 2. The normalized spacial score (nSPS) is 11.3. The number of nitrogens with zero attached hydrogens (tertiary/aromatic N) is 1. The fourth-order valence-corrected chi connectivity index (χ4v) is 3.66. The van der Waals surface area contributed by atoms with Crippen molar-refractivity contribution < 1.29 is 18.0 Å². The molecule has 0 unspecified atom stereocenters. The number of aryl methyl sites for hydroxylation is 1. The first-order valence-corrected chi connectivity index (χ1v) is 11.6. The number of nitrogens with one attached hydrogen (secondary N) is 2. The molecule has 0 aliphatic rings. The summed E-state index contributed by atoms with van der Waals surface area (Å²) in [4.78, 5) is 25.1. The van der Waals surface area contributed by atoms with Crippen molar-refractivity contribution in [3.05, 3.63) is 58.6 Å². The Morgan fingerprint density at radius 1 is 1.13 bits per heavy atom. The van der Waals surface area contributed by atoms with Gasteiger partial charge in [-0.05, 0) is 42.7 Å². The third kappa shape index (κ3) is 6.47. The molecule has 9 heteroatoms. The van der Waals surface area contributed by atoms with E-state index in [1.807, 2.05) is 13.8 Å². The van der Waals surface area contributed by atoms with Gasteiger partial charge in [0.15, 0.2) is 0 Å². The molecule has 0 saturated heterocycles. The number of carbonyl (C=O) groups excluding carboxylic acids is 2. The van der Waals surface area contributed by atoms with E-state index in [1.165, 1.54) is 6.07 Å². The lowest BCUT2D eigenvalue weighted by Gasteiger charge is -2.22. The molecule has 2 aromatic carbocycles. The van der Waals surface area contributed by atoms with Gasteiger partial charge in [-0.2, -0.15) is 0 Å². The third-order valence-electron chi connectivity index (χ3n) is 4.25. The lowest BCUT2D eigenvalue weighted by Crippen LogP contribution is -2.38. The lowest BCUT2D eigenvalue weighted by molar-refractivity contribution is -0.114. The predicted molar refractivity (Wildman–Crippen MR) is 121 cm³/mol. The Morgan fingerprint density at radius 2 is 1.80 bits per heavy atom. The van der Waals surface area contributed by atoms with Crippen LogP contribution in [0.2, 0.25) is 5.02 Å². The van der Waals surface area contributed by atoms with Gasteiger partial charge < -0.3 is 10.6 Å². The molecule has 0 bridgehead atoms. The first-order valence-electron chi connectivity index (χ1n) is 9.40. The summed E-state index contributed by atoms with van der Waals surface area (Å²) in [5.41, 5.74) is 1.68. The van der Waals surface area contributed by atoms with E-state index in [2.05, 4.69) is 10.6 Å². The van der Waals surface area contributed by atoms with Crippen LogP contribution < -0.4 is 14.9 Å². The number of halogens is 1. The molecule has 2 N–H and O–H groups in total. The molecule has 0 atom stereocenters. The fourth-order valence-electron chi connectivity index (χ4n) is 2.64. The van der Waals surface area contributed by atoms with Crippen molar-refractivity contribution >= 4 is 44.8 Å². The van der Waals surface area contributed by atoms with Gasteiger partial charge in [0.1, 0.15) is 6.54 Å². The summed E-state index contributed by atoms with van der Waals surface area (Å²) in [6.45, 7) is 5.79. The van der Waals surface area contributed by atoms with Crippen LogP contribution in [0.3, 0.4) is 0 Å². The minimum absolute atomic E-state index is 0.278. The maximum absolute atomic E-state index is 12.7. The Balaban J connectivity index is 2.22. The van der Waals surface area contributed by atoms with Gasteiger partial charge in [-0.25, -0.2) is 8.42 Å². The average Bonchev–Trinajstić information content (AvgIpc) is 2.66. The summed E-state index contributed by atoms with van der Waals surface area (Å²) in [5, 5.41) is 5.84. The van der Waals surface area contributed by atoms with Crippen LogP contribution in [0.15, 0.2) is 42.5 Å². The molecule has 0 aromatic heterocycles. The van der Waals surface area contributed by atoms with Gasteiger partial charge in [0, 0.05) is 11.6 Å². The lowest BCUT2D eigenvalue weighted by atomic mass is 10.1. The molecule has 0 radical (unpaired) electrons. The minimum Gasteiger partial charge on any atom is -0.352 e. The molecule has 162 valence electrons. The standard InChI is InChI=1S/C21H26ClN3O4S/c1-14(2)12-23-21(27)17-7-5-6-8-19(17)24-20(26)13-25(30(4,28)29)16-10-9-15(3)18(22)11-16/h5-11,14H,12-13H2,1-4H3,(H,23,27)(H,24,26). The van der Waals surface area contributed by atoms with Crippen LogP contribution in [0.5, 0.6) is 0 Å². The van der Waals surface area contributed by atoms with Crippen LogP contribution in [0, 0.1) is 12.8 Å². The third-order valence-corrected chi connectivity index (χ3v) is 5.80. The fraction of sp³-hybridized carbons (Fsp3) is 0.333. The zero-order chi connectivity index (χ0) is 22.5. The van der Waals surface area contributed by atoms with Crippen LogP contribution in [0.25, 0.3) is 0 Å². The number of amides is 2. The van der Waals surface area contributed by atoms with E-state index < -0.39 is 22.5 Å². The maximum Gasteiger partial charge on any atom is 0.253 e. The van der Waals surface area contributed by atoms with Crippen LogP contribution in [-0.4, -0.2) is 39.6 Å². The van der Waals surface area contributed by atoms with Gasteiger partial charge in [0.05, 0.1) is 23.2 Å². The Kier molecular flexibility index (Phi) is 7.86. The number of para-hydroxylation sites is 1.